The van der Waals surface area contributed by atoms with Crippen LogP contribution in [0.1, 0.15) is 25.0 Å². The molecule has 0 saturated carbocycles. The molecule has 1 rings (SSSR count). The minimum absolute atomic E-state index is 0.167. The first kappa shape index (κ1) is 14.6. The summed E-state index contributed by atoms with van der Waals surface area (Å²) < 4.78 is 0. The van der Waals surface area contributed by atoms with Crippen LogP contribution in [0.2, 0.25) is 0 Å². The van der Waals surface area contributed by atoms with Crippen LogP contribution in [0.4, 0.5) is 0 Å². The second-order valence-electron chi connectivity index (χ2n) is 4.78. The van der Waals surface area contributed by atoms with Crippen molar-refractivity contribution in [1.29, 1.82) is 0 Å². The summed E-state index contributed by atoms with van der Waals surface area (Å²) in [6.45, 7) is 8.64. The van der Waals surface area contributed by atoms with Crippen LogP contribution in [0.5, 0.6) is 0 Å². The summed E-state index contributed by atoms with van der Waals surface area (Å²) in [4.78, 5) is 1.31. The van der Waals surface area contributed by atoms with Crippen molar-refractivity contribution in [3.8, 4) is 0 Å². The second kappa shape index (κ2) is 7.04. The molecule has 0 aromatic heterocycles. The van der Waals surface area contributed by atoms with Crippen molar-refractivity contribution in [3.05, 3.63) is 29.3 Å². The van der Waals surface area contributed by atoms with Gasteiger partial charge in [-0.3, -0.25) is 0 Å². The lowest BCUT2D eigenvalue weighted by atomic mass is 10.2. The van der Waals surface area contributed by atoms with Gasteiger partial charge >= 0.3 is 0 Å². The SMILES string of the molecule is Cc1ccc(C)c(SCC(CO)NC(C)C)c1. The zero-order chi connectivity index (χ0) is 12.8. The number of nitrogens with one attached hydrogen (secondary N) is 1. The Morgan fingerprint density at radius 2 is 2.00 bits per heavy atom. The van der Waals surface area contributed by atoms with Gasteiger partial charge in [0.1, 0.15) is 0 Å². The van der Waals surface area contributed by atoms with E-state index in [-0.39, 0.29) is 12.6 Å². The molecule has 0 fully saturated rings. The van der Waals surface area contributed by atoms with Crippen LogP contribution in [0.25, 0.3) is 0 Å². The lowest BCUT2D eigenvalue weighted by Crippen LogP contribution is -2.39. The van der Waals surface area contributed by atoms with Crippen LogP contribution < -0.4 is 5.32 Å². The predicted molar refractivity (Wildman–Crippen MR) is 75.8 cm³/mol. The van der Waals surface area contributed by atoms with Gasteiger partial charge in [-0.2, -0.15) is 0 Å². The minimum Gasteiger partial charge on any atom is -0.395 e. The predicted octanol–water partition coefficient (Wildman–Crippen LogP) is 2.75. The van der Waals surface area contributed by atoms with Crippen molar-refractivity contribution >= 4 is 11.8 Å². The number of rotatable bonds is 6. The first-order valence-corrected chi connectivity index (χ1v) is 7.08. The monoisotopic (exact) mass is 253 g/mol. The summed E-state index contributed by atoms with van der Waals surface area (Å²) in [5.41, 5.74) is 2.59. The fourth-order valence-corrected chi connectivity index (χ4v) is 2.83. The molecule has 17 heavy (non-hydrogen) atoms. The number of aryl methyl sites for hydroxylation is 2. The molecule has 0 aliphatic heterocycles. The smallest absolute Gasteiger partial charge is 0.0592 e. The van der Waals surface area contributed by atoms with E-state index in [9.17, 15) is 5.11 Å². The summed E-state index contributed by atoms with van der Waals surface area (Å²) >= 11 is 1.81. The molecule has 0 bridgehead atoms. The van der Waals surface area contributed by atoms with E-state index >= 15 is 0 Å². The molecule has 0 aliphatic rings. The van der Waals surface area contributed by atoms with Crippen LogP contribution in [-0.2, 0) is 0 Å². The van der Waals surface area contributed by atoms with Crippen LogP contribution >= 0.6 is 11.8 Å². The summed E-state index contributed by atoms with van der Waals surface area (Å²) in [7, 11) is 0. The highest BCUT2D eigenvalue weighted by Crippen LogP contribution is 2.24. The molecule has 1 aromatic carbocycles. The average Bonchev–Trinajstić information content (AvgIpc) is 2.28. The van der Waals surface area contributed by atoms with Crippen molar-refractivity contribution in [2.24, 2.45) is 0 Å². The molecular weight excluding hydrogens is 230 g/mol. The van der Waals surface area contributed by atoms with Gasteiger partial charge in [-0.1, -0.05) is 31.5 Å². The maximum Gasteiger partial charge on any atom is 0.0592 e. The Balaban J connectivity index is 2.56. The van der Waals surface area contributed by atoms with E-state index in [1.165, 1.54) is 16.0 Å². The van der Waals surface area contributed by atoms with Gasteiger partial charge in [-0.05, 0) is 25.5 Å². The number of benzene rings is 1. The largest absolute Gasteiger partial charge is 0.395 e. The Bertz CT molecular complexity index is 352. The fourth-order valence-electron chi connectivity index (χ4n) is 1.68. The minimum atomic E-state index is 0.167. The van der Waals surface area contributed by atoms with Crippen molar-refractivity contribution in [1.82, 2.24) is 5.32 Å². The number of hydrogen-bond acceptors (Lipinski definition) is 3. The third kappa shape index (κ3) is 5.11. The van der Waals surface area contributed by atoms with Crippen molar-refractivity contribution in [2.75, 3.05) is 12.4 Å². The van der Waals surface area contributed by atoms with Crippen LogP contribution in [-0.4, -0.2) is 29.5 Å². The van der Waals surface area contributed by atoms with Crippen LogP contribution in [0.15, 0.2) is 23.1 Å². The van der Waals surface area contributed by atoms with E-state index in [4.69, 9.17) is 0 Å². The van der Waals surface area contributed by atoms with Gasteiger partial charge in [0.2, 0.25) is 0 Å². The first-order chi connectivity index (χ1) is 8.02. The maximum atomic E-state index is 9.30. The molecule has 2 N–H and O–H groups in total. The molecule has 0 saturated heterocycles. The lowest BCUT2D eigenvalue weighted by molar-refractivity contribution is 0.247. The number of aliphatic hydroxyl groups is 1. The van der Waals surface area contributed by atoms with E-state index in [1.807, 2.05) is 11.8 Å². The van der Waals surface area contributed by atoms with E-state index in [2.05, 4.69) is 51.2 Å². The summed E-state index contributed by atoms with van der Waals surface area (Å²) in [5.74, 6) is 0.902. The third-order valence-electron chi connectivity index (χ3n) is 2.57. The van der Waals surface area contributed by atoms with Gasteiger partial charge in [0.05, 0.1) is 6.61 Å². The van der Waals surface area contributed by atoms with Gasteiger partial charge < -0.3 is 10.4 Å². The van der Waals surface area contributed by atoms with Gasteiger partial charge in [0, 0.05) is 22.7 Å². The molecule has 96 valence electrons. The summed E-state index contributed by atoms with van der Waals surface area (Å²) in [6.07, 6.45) is 0. The Morgan fingerprint density at radius 1 is 1.29 bits per heavy atom. The third-order valence-corrected chi connectivity index (χ3v) is 3.89. The molecule has 2 nitrogen and oxygen atoms in total. The van der Waals surface area contributed by atoms with Crippen molar-refractivity contribution in [2.45, 2.75) is 44.7 Å². The molecule has 0 amide bonds. The highest BCUT2D eigenvalue weighted by atomic mass is 32.2. The van der Waals surface area contributed by atoms with Crippen LogP contribution in [0.3, 0.4) is 0 Å². The molecule has 1 unspecified atom stereocenters. The number of thioether (sulfide) groups is 1. The number of hydrogen-bond donors (Lipinski definition) is 2. The molecule has 0 heterocycles. The summed E-state index contributed by atoms with van der Waals surface area (Å²) in [6, 6.07) is 7.08. The molecule has 0 radical (unpaired) electrons. The fraction of sp³-hybridized carbons (Fsp3) is 0.571. The second-order valence-corrected chi connectivity index (χ2v) is 5.84. The van der Waals surface area contributed by atoms with Crippen molar-refractivity contribution < 1.29 is 5.11 Å². The van der Waals surface area contributed by atoms with Gasteiger partial charge in [0.25, 0.3) is 0 Å². The Kier molecular flexibility index (Phi) is 6.03. The molecular formula is C14H23NOS. The topological polar surface area (TPSA) is 32.3 Å². The first-order valence-electron chi connectivity index (χ1n) is 6.10. The lowest BCUT2D eigenvalue weighted by Gasteiger charge is -2.19. The van der Waals surface area contributed by atoms with E-state index in [0.717, 1.165) is 5.75 Å². The highest BCUT2D eigenvalue weighted by molar-refractivity contribution is 7.99. The van der Waals surface area contributed by atoms with E-state index in [0.29, 0.717) is 6.04 Å². The molecule has 1 aromatic rings. The highest BCUT2D eigenvalue weighted by Gasteiger charge is 2.10. The normalized spacial score (nSPS) is 13.1. The van der Waals surface area contributed by atoms with Crippen molar-refractivity contribution in [3.63, 3.8) is 0 Å². The standard InChI is InChI=1S/C14H23NOS/c1-10(2)15-13(8-16)9-17-14-7-11(3)5-6-12(14)4/h5-7,10,13,15-16H,8-9H2,1-4H3. The molecule has 0 spiro atoms. The maximum absolute atomic E-state index is 9.30. The molecule has 0 aliphatic carbocycles. The van der Waals surface area contributed by atoms with E-state index in [1.54, 1.807) is 0 Å². The van der Waals surface area contributed by atoms with Gasteiger partial charge in [0.15, 0.2) is 0 Å². The van der Waals surface area contributed by atoms with Gasteiger partial charge in [-0.15, -0.1) is 11.8 Å². The van der Waals surface area contributed by atoms with Gasteiger partial charge in [-0.25, -0.2) is 0 Å². The van der Waals surface area contributed by atoms with E-state index < -0.39 is 0 Å². The average molecular weight is 253 g/mol. The number of aliphatic hydroxyl groups excluding tert-OH is 1. The zero-order valence-electron chi connectivity index (χ0n) is 11.2. The quantitative estimate of drug-likeness (QED) is 0.765. The summed E-state index contributed by atoms with van der Waals surface area (Å²) in [5, 5.41) is 12.7. The Morgan fingerprint density at radius 3 is 2.59 bits per heavy atom. The van der Waals surface area contributed by atoms with Crippen LogP contribution in [0, 0.1) is 13.8 Å². The zero-order valence-corrected chi connectivity index (χ0v) is 12.0. The molecule has 3 heteroatoms. The Labute approximate surface area is 109 Å². The molecule has 1 atom stereocenters. The Hall–Kier alpha value is -0.510.